The number of carbonyl (C=O) groups excluding carboxylic acids is 1. The van der Waals surface area contributed by atoms with Gasteiger partial charge in [0.25, 0.3) is 0 Å². The van der Waals surface area contributed by atoms with E-state index in [2.05, 4.69) is 4.98 Å². The first-order valence-electron chi connectivity index (χ1n) is 14.5. The van der Waals surface area contributed by atoms with Gasteiger partial charge < -0.3 is 10.0 Å². The lowest BCUT2D eigenvalue weighted by Gasteiger charge is -2.52. The van der Waals surface area contributed by atoms with E-state index in [1.807, 2.05) is 0 Å². The average molecular weight is 663 g/mol. The SMILES string of the molecule is O=C(O)C12CCC(C(=O)N3CCC4(S(=O)(=O)c5ccccc5)c5ccc(C(F)(C(F)(F)F)C(F)(F)F)nc5CCC34)(CC1)CC2. The Morgan fingerprint density at radius 3 is 1.91 bits per heavy atom. The molecule has 4 fully saturated rings. The third-order valence-corrected chi connectivity index (χ3v) is 13.4. The van der Waals surface area contributed by atoms with Gasteiger partial charge in [0.1, 0.15) is 4.75 Å². The summed E-state index contributed by atoms with van der Waals surface area (Å²) in [6.07, 6.45) is -11.7. The number of amides is 1. The first kappa shape index (κ1) is 31.7. The molecular weight excluding hydrogens is 633 g/mol. The van der Waals surface area contributed by atoms with Crippen LogP contribution in [0.1, 0.15) is 68.3 Å². The summed E-state index contributed by atoms with van der Waals surface area (Å²) in [6.45, 7) is -0.0687. The number of alkyl halides is 7. The lowest BCUT2D eigenvalue weighted by atomic mass is 9.53. The molecule has 7 nitrogen and oxygen atoms in total. The van der Waals surface area contributed by atoms with Gasteiger partial charge in [0.15, 0.2) is 9.84 Å². The molecule has 45 heavy (non-hydrogen) atoms. The minimum Gasteiger partial charge on any atom is -0.481 e. The number of likely N-dealkylation sites (tertiary alicyclic amines) is 1. The maximum absolute atomic E-state index is 15.0. The van der Waals surface area contributed by atoms with Gasteiger partial charge in [0, 0.05) is 17.7 Å². The van der Waals surface area contributed by atoms with Crippen LogP contribution in [0.3, 0.4) is 0 Å². The monoisotopic (exact) mass is 662 g/mol. The second-order valence-corrected chi connectivity index (χ2v) is 14.9. The number of sulfone groups is 1. The number of pyridine rings is 1. The summed E-state index contributed by atoms with van der Waals surface area (Å²) < 4.78 is 123. The lowest BCUT2D eigenvalue weighted by Crippen LogP contribution is -2.58. The van der Waals surface area contributed by atoms with Crippen LogP contribution in [0.2, 0.25) is 0 Å². The van der Waals surface area contributed by atoms with Gasteiger partial charge in [-0.3, -0.25) is 14.6 Å². The van der Waals surface area contributed by atoms with Crippen molar-refractivity contribution < 1.29 is 53.8 Å². The molecule has 1 aliphatic heterocycles. The van der Waals surface area contributed by atoms with Crippen LogP contribution < -0.4 is 0 Å². The molecule has 2 bridgehead atoms. The molecule has 2 heterocycles. The summed E-state index contributed by atoms with van der Waals surface area (Å²) in [4.78, 5) is 31.0. The normalized spacial score (nSPS) is 30.1. The molecule has 0 spiro atoms. The van der Waals surface area contributed by atoms with Crippen LogP contribution in [0.25, 0.3) is 0 Å². The number of rotatable bonds is 5. The number of aryl methyl sites for hydroxylation is 1. The highest BCUT2D eigenvalue weighted by atomic mass is 32.2. The fraction of sp³-hybridized carbons (Fsp3) is 0.567. The zero-order valence-corrected chi connectivity index (χ0v) is 24.5. The summed E-state index contributed by atoms with van der Waals surface area (Å²) in [5.74, 6) is -1.25. The number of carboxylic acids is 1. The van der Waals surface area contributed by atoms with Crippen molar-refractivity contribution in [2.75, 3.05) is 6.54 Å². The second-order valence-electron chi connectivity index (χ2n) is 12.7. The molecule has 1 saturated heterocycles. The molecule has 244 valence electrons. The van der Waals surface area contributed by atoms with Gasteiger partial charge in [-0.1, -0.05) is 24.3 Å². The highest BCUT2D eigenvalue weighted by Crippen LogP contribution is 2.60. The number of aromatic nitrogens is 1. The van der Waals surface area contributed by atoms with Crippen LogP contribution in [0.4, 0.5) is 30.7 Å². The molecule has 15 heteroatoms. The molecule has 1 aromatic carbocycles. The van der Waals surface area contributed by atoms with E-state index < -0.39 is 66.8 Å². The molecule has 1 N–H and O–H groups in total. The van der Waals surface area contributed by atoms with Crippen LogP contribution >= 0.6 is 0 Å². The number of hydrogen-bond acceptors (Lipinski definition) is 5. The molecule has 2 unspecified atom stereocenters. The van der Waals surface area contributed by atoms with E-state index in [0.717, 1.165) is 6.07 Å². The molecular formula is C30H29F7N2O5S. The Hall–Kier alpha value is -3.23. The third-order valence-electron chi connectivity index (χ3n) is 10.8. The van der Waals surface area contributed by atoms with Crippen molar-refractivity contribution >= 4 is 21.7 Å². The Morgan fingerprint density at radius 2 is 1.38 bits per heavy atom. The summed E-state index contributed by atoms with van der Waals surface area (Å²) in [5.41, 5.74) is -10.1. The highest BCUT2D eigenvalue weighted by Gasteiger charge is 2.75. The number of nitrogens with zero attached hydrogens (tertiary/aromatic N) is 2. The second kappa shape index (κ2) is 9.88. The topological polar surface area (TPSA) is 105 Å². The van der Waals surface area contributed by atoms with E-state index in [9.17, 15) is 53.8 Å². The number of hydrogen-bond donors (Lipinski definition) is 1. The maximum atomic E-state index is 15.0. The van der Waals surface area contributed by atoms with E-state index >= 15 is 0 Å². The molecule has 7 rings (SSSR count). The van der Waals surface area contributed by atoms with E-state index in [0.29, 0.717) is 38.5 Å². The molecule has 1 aromatic heterocycles. The van der Waals surface area contributed by atoms with Gasteiger partial charge in [0.2, 0.25) is 5.91 Å². The summed E-state index contributed by atoms with van der Waals surface area (Å²) in [6, 6.07) is 7.10. The lowest BCUT2D eigenvalue weighted by molar-refractivity contribution is -0.350. The Bertz CT molecular complexity index is 1620. The van der Waals surface area contributed by atoms with Crippen molar-refractivity contribution in [3.8, 4) is 0 Å². The van der Waals surface area contributed by atoms with E-state index in [4.69, 9.17) is 0 Å². The Morgan fingerprint density at radius 1 is 0.822 bits per heavy atom. The molecule has 1 amide bonds. The fourth-order valence-corrected chi connectivity index (χ4v) is 10.6. The minimum absolute atomic E-state index is 0.0687. The van der Waals surface area contributed by atoms with E-state index in [1.54, 1.807) is 6.07 Å². The summed E-state index contributed by atoms with van der Waals surface area (Å²) >= 11 is 0. The zero-order valence-electron chi connectivity index (χ0n) is 23.7. The number of benzene rings is 1. The average Bonchev–Trinajstić information content (AvgIpc) is 3.41. The predicted octanol–water partition coefficient (Wildman–Crippen LogP) is 6.01. The quantitative estimate of drug-likeness (QED) is 0.394. The third kappa shape index (κ3) is 4.20. The van der Waals surface area contributed by atoms with Gasteiger partial charge in [-0.15, -0.1) is 0 Å². The first-order valence-corrected chi connectivity index (χ1v) is 16.0. The summed E-state index contributed by atoms with van der Waals surface area (Å²) in [5, 5.41) is 9.77. The van der Waals surface area contributed by atoms with Crippen LogP contribution in [0.5, 0.6) is 0 Å². The van der Waals surface area contributed by atoms with Crippen LogP contribution in [-0.2, 0) is 36.3 Å². The van der Waals surface area contributed by atoms with Crippen molar-refractivity contribution in [2.24, 2.45) is 10.8 Å². The van der Waals surface area contributed by atoms with Crippen LogP contribution in [0.15, 0.2) is 47.4 Å². The van der Waals surface area contributed by atoms with Crippen molar-refractivity contribution in [1.82, 2.24) is 9.88 Å². The Labute approximate surface area is 253 Å². The van der Waals surface area contributed by atoms with Crippen LogP contribution in [-0.4, -0.2) is 60.2 Å². The van der Waals surface area contributed by atoms with Gasteiger partial charge in [-0.2, -0.15) is 26.3 Å². The van der Waals surface area contributed by atoms with E-state index in [-0.39, 0.29) is 48.2 Å². The molecule has 3 saturated carbocycles. The van der Waals surface area contributed by atoms with Crippen LogP contribution in [0, 0.1) is 10.8 Å². The molecule has 0 radical (unpaired) electrons. The number of halogens is 7. The maximum Gasteiger partial charge on any atom is 0.437 e. The smallest absolute Gasteiger partial charge is 0.437 e. The van der Waals surface area contributed by atoms with E-state index in [1.165, 1.54) is 29.2 Å². The predicted molar refractivity (Wildman–Crippen MR) is 143 cm³/mol. The zero-order chi connectivity index (χ0) is 32.8. The highest BCUT2D eigenvalue weighted by molar-refractivity contribution is 7.92. The largest absolute Gasteiger partial charge is 0.481 e. The number of fused-ring (bicyclic) bond motifs is 6. The van der Waals surface area contributed by atoms with Gasteiger partial charge in [-0.05, 0) is 81.5 Å². The van der Waals surface area contributed by atoms with Crippen molar-refractivity contribution in [1.29, 1.82) is 0 Å². The van der Waals surface area contributed by atoms with Crippen molar-refractivity contribution in [3.05, 3.63) is 59.4 Å². The Kier molecular flexibility index (Phi) is 6.97. The van der Waals surface area contributed by atoms with Gasteiger partial charge in [-0.25, -0.2) is 12.8 Å². The standard InChI is InChI=1S/C30H29F7N2O5S/c31-28(29(32,33)34,30(35,36)37)21-8-6-19-20(38-21)7-9-22-27(19,45(43,44)18-4-2-1-3-5-18)16-17-39(22)23(40)25-10-13-26(14-11-25,15-12-25)24(41)42/h1-6,8,22H,7,9-17H2,(H,41,42). The van der Waals surface area contributed by atoms with Gasteiger partial charge >= 0.3 is 24.0 Å². The van der Waals surface area contributed by atoms with Gasteiger partial charge in [0.05, 0.1) is 22.0 Å². The number of carbonyl (C=O) groups is 2. The minimum atomic E-state index is -6.40. The molecule has 5 aliphatic rings. The molecule has 2 aromatic rings. The first-order chi connectivity index (χ1) is 20.9. The summed E-state index contributed by atoms with van der Waals surface area (Å²) in [7, 11) is -4.46. The molecule has 4 aliphatic carbocycles. The number of aliphatic carboxylic acids is 1. The fourth-order valence-electron chi connectivity index (χ4n) is 8.20. The van der Waals surface area contributed by atoms with Crippen molar-refractivity contribution in [2.45, 2.75) is 91.5 Å². The van der Waals surface area contributed by atoms with Crippen molar-refractivity contribution in [3.63, 3.8) is 0 Å². The number of carboxylic acid groups (broad SMARTS) is 1. The Balaban J connectivity index is 1.46. The molecule has 2 atom stereocenters.